The van der Waals surface area contributed by atoms with Gasteiger partial charge in [-0.15, -0.1) is 0 Å². The molecule has 26 heavy (non-hydrogen) atoms. The Morgan fingerprint density at radius 3 is 1.92 bits per heavy atom. The summed E-state index contributed by atoms with van der Waals surface area (Å²) in [4.78, 5) is 14.6. The van der Waals surface area contributed by atoms with Crippen LogP contribution in [0.15, 0.2) is 60.7 Å². The second-order valence-electron chi connectivity index (χ2n) is 6.78. The van der Waals surface area contributed by atoms with E-state index >= 15 is 0 Å². The van der Waals surface area contributed by atoms with Crippen LogP contribution >= 0.6 is 0 Å². The lowest BCUT2D eigenvalue weighted by atomic mass is 9.73. The molecule has 0 aromatic heterocycles. The monoisotopic (exact) mass is 353 g/mol. The van der Waals surface area contributed by atoms with Crippen molar-refractivity contribution in [1.29, 1.82) is 0 Å². The summed E-state index contributed by atoms with van der Waals surface area (Å²) in [6.45, 7) is 11.9. The van der Waals surface area contributed by atoms with E-state index in [1.165, 1.54) is 6.92 Å². The molecule has 2 aromatic rings. The van der Waals surface area contributed by atoms with Crippen LogP contribution in [0.25, 0.3) is 0 Å². The topological polar surface area (TPSA) is 29.5 Å². The van der Waals surface area contributed by atoms with Crippen molar-refractivity contribution in [3.05, 3.63) is 71.8 Å². The maximum Gasteiger partial charge on any atom is 0.303 e. The van der Waals surface area contributed by atoms with Crippen molar-refractivity contribution in [2.45, 2.75) is 52.2 Å². The zero-order valence-corrected chi connectivity index (χ0v) is 16.6. The molecule has 0 amide bonds. The van der Waals surface area contributed by atoms with Gasteiger partial charge in [0.2, 0.25) is 0 Å². The molecule has 3 atom stereocenters. The zero-order valence-electron chi connectivity index (χ0n) is 16.6. The van der Waals surface area contributed by atoms with E-state index in [1.54, 1.807) is 0 Å². The number of esters is 1. The SMILES string of the molecule is CCN(CC)C(C)C(OC(C)=O)(c1ccccc1)C(C)c1ccccc1. The Balaban J connectivity index is 2.69. The van der Waals surface area contributed by atoms with Gasteiger partial charge in [-0.25, -0.2) is 0 Å². The molecule has 0 saturated carbocycles. The van der Waals surface area contributed by atoms with Crippen molar-refractivity contribution < 1.29 is 9.53 Å². The number of ether oxygens (including phenoxy) is 1. The number of nitrogens with zero attached hydrogens (tertiary/aromatic N) is 1. The van der Waals surface area contributed by atoms with Gasteiger partial charge in [0.25, 0.3) is 0 Å². The van der Waals surface area contributed by atoms with Gasteiger partial charge >= 0.3 is 5.97 Å². The Morgan fingerprint density at radius 2 is 1.46 bits per heavy atom. The molecule has 0 bridgehead atoms. The molecule has 3 nitrogen and oxygen atoms in total. The Hall–Kier alpha value is -2.13. The standard InChI is InChI=1S/C23H31NO2/c1-6-24(7-2)19(4)23(26-20(5)25,22-16-12-9-13-17-22)18(3)21-14-10-8-11-15-21/h8-19H,6-7H2,1-5H3. The highest BCUT2D eigenvalue weighted by Crippen LogP contribution is 2.44. The first-order valence-corrected chi connectivity index (χ1v) is 9.51. The molecule has 2 rings (SSSR count). The average molecular weight is 354 g/mol. The lowest BCUT2D eigenvalue weighted by Gasteiger charge is -2.47. The summed E-state index contributed by atoms with van der Waals surface area (Å²) < 4.78 is 6.21. The van der Waals surface area contributed by atoms with Crippen LogP contribution in [0.2, 0.25) is 0 Å². The van der Waals surface area contributed by atoms with Crippen LogP contribution in [-0.2, 0) is 15.1 Å². The van der Waals surface area contributed by atoms with Crippen LogP contribution in [0.1, 0.15) is 51.7 Å². The van der Waals surface area contributed by atoms with E-state index in [4.69, 9.17) is 4.74 Å². The van der Waals surface area contributed by atoms with Crippen molar-refractivity contribution in [1.82, 2.24) is 4.90 Å². The molecule has 3 unspecified atom stereocenters. The highest BCUT2D eigenvalue weighted by Gasteiger charge is 2.48. The summed E-state index contributed by atoms with van der Waals surface area (Å²) in [6.07, 6.45) is 0. The van der Waals surface area contributed by atoms with Gasteiger partial charge in [0.15, 0.2) is 5.60 Å². The molecule has 0 radical (unpaired) electrons. The summed E-state index contributed by atoms with van der Waals surface area (Å²) in [7, 11) is 0. The summed E-state index contributed by atoms with van der Waals surface area (Å²) in [6, 6.07) is 20.5. The minimum absolute atomic E-state index is 0.00519. The van der Waals surface area contributed by atoms with Crippen LogP contribution in [0, 0.1) is 0 Å². The third-order valence-corrected chi connectivity index (χ3v) is 5.46. The molecular formula is C23H31NO2. The van der Waals surface area contributed by atoms with Crippen molar-refractivity contribution in [3.63, 3.8) is 0 Å². The summed E-state index contributed by atoms with van der Waals surface area (Å²) in [5.41, 5.74) is 1.43. The fourth-order valence-electron chi connectivity index (χ4n) is 4.05. The Labute approximate surface area is 158 Å². The number of benzene rings is 2. The third-order valence-electron chi connectivity index (χ3n) is 5.46. The highest BCUT2D eigenvalue weighted by atomic mass is 16.6. The Morgan fingerprint density at radius 1 is 0.962 bits per heavy atom. The molecular weight excluding hydrogens is 322 g/mol. The summed E-state index contributed by atoms with van der Waals surface area (Å²) in [5, 5.41) is 0. The molecule has 0 aliphatic heterocycles. The molecule has 0 fully saturated rings. The Kier molecular flexibility index (Phi) is 6.98. The second kappa shape index (κ2) is 9.00. The Bertz CT molecular complexity index is 682. The number of carbonyl (C=O) groups is 1. The first-order valence-electron chi connectivity index (χ1n) is 9.51. The molecule has 0 N–H and O–H groups in total. The third kappa shape index (κ3) is 3.99. The lowest BCUT2D eigenvalue weighted by molar-refractivity contribution is -0.171. The van der Waals surface area contributed by atoms with E-state index in [9.17, 15) is 4.79 Å². The smallest absolute Gasteiger partial charge is 0.303 e. The van der Waals surface area contributed by atoms with E-state index in [-0.39, 0.29) is 17.9 Å². The quantitative estimate of drug-likeness (QED) is 0.627. The molecule has 0 saturated heterocycles. The van der Waals surface area contributed by atoms with E-state index in [0.717, 1.165) is 24.2 Å². The fourth-order valence-corrected chi connectivity index (χ4v) is 4.05. The average Bonchev–Trinajstić information content (AvgIpc) is 2.67. The maximum atomic E-state index is 12.2. The van der Waals surface area contributed by atoms with Gasteiger partial charge in [-0.2, -0.15) is 0 Å². The molecule has 140 valence electrons. The second-order valence-corrected chi connectivity index (χ2v) is 6.78. The van der Waals surface area contributed by atoms with Gasteiger partial charge < -0.3 is 4.74 Å². The summed E-state index contributed by atoms with van der Waals surface area (Å²) in [5.74, 6) is -0.249. The number of likely N-dealkylation sites (N-methyl/N-ethyl adjacent to an activating group) is 1. The largest absolute Gasteiger partial charge is 0.452 e. The number of hydrogen-bond acceptors (Lipinski definition) is 3. The zero-order chi connectivity index (χ0) is 19.2. The van der Waals surface area contributed by atoms with Crippen LogP contribution in [0.3, 0.4) is 0 Å². The molecule has 0 aliphatic rings. The molecule has 0 aliphatic carbocycles. The van der Waals surface area contributed by atoms with Crippen LogP contribution in [0.4, 0.5) is 0 Å². The van der Waals surface area contributed by atoms with Gasteiger partial charge in [-0.3, -0.25) is 9.69 Å². The minimum Gasteiger partial charge on any atom is -0.452 e. The predicted octanol–water partition coefficient (Wildman–Crippen LogP) is 4.98. The molecule has 3 heteroatoms. The van der Waals surface area contributed by atoms with Gasteiger partial charge in [0.1, 0.15) is 0 Å². The molecule has 0 spiro atoms. The molecule has 0 heterocycles. The van der Waals surface area contributed by atoms with Crippen molar-refractivity contribution in [2.75, 3.05) is 13.1 Å². The van der Waals surface area contributed by atoms with E-state index in [1.807, 2.05) is 36.4 Å². The first kappa shape index (κ1) is 20.2. The van der Waals surface area contributed by atoms with Gasteiger partial charge in [0, 0.05) is 12.8 Å². The van der Waals surface area contributed by atoms with Crippen LogP contribution < -0.4 is 0 Å². The van der Waals surface area contributed by atoms with Gasteiger partial charge in [-0.1, -0.05) is 81.4 Å². The van der Waals surface area contributed by atoms with Crippen LogP contribution in [0.5, 0.6) is 0 Å². The highest BCUT2D eigenvalue weighted by molar-refractivity contribution is 5.67. The van der Waals surface area contributed by atoms with Crippen molar-refractivity contribution in [3.8, 4) is 0 Å². The van der Waals surface area contributed by atoms with Gasteiger partial charge in [0.05, 0.1) is 6.04 Å². The lowest BCUT2D eigenvalue weighted by Crippen LogP contribution is -2.54. The molecule has 2 aromatic carbocycles. The first-order chi connectivity index (χ1) is 12.5. The number of hydrogen-bond donors (Lipinski definition) is 0. The van der Waals surface area contributed by atoms with Crippen molar-refractivity contribution >= 4 is 5.97 Å². The fraction of sp³-hybridized carbons (Fsp3) is 0.435. The number of carbonyl (C=O) groups excluding carboxylic acids is 1. The number of rotatable bonds is 8. The normalized spacial score (nSPS) is 15.9. The maximum absolute atomic E-state index is 12.2. The van der Waals surface area contributed by atoms with E-state index in [0.29, 0.717) is 0 Å². The van der Waals surface area contributed by atoms with Gasteiger partial charge in [-0.05, 0) is 31.1 Å². The van der Waals surface area contributed by atoms with Crippen molar-refractivity contribution in [2.24, 2.45) is 0 Å². The van der Waals surface area contributed by atoms with Crippen LogP contribution in [-0.4, -0.2) is 30.0 Å². The van der Waals surface area contributed by atoms with E-state index in [2.05, 4.69) is 56.9 Å². The van der Waals surface area contributed by atoms with E-state index < -0.39 is 5.60 Å². The minimum atomic E-state index is -0.763. The predicted molar refractivity (Wildman–Crippen MR) is 107 cm³/mol. The summed E-state index contributed by atoms with van der Waals surface area (Å²) >= 11 is 0.